The molecule has 0 bridgehead atoms. The van der Waals surface area contributed by atoms with Crippen molar-refractivity contribution < 1.29 is 22.7 Å². The minimum Gasteiger partial charge on any atom is -0.454 e. The van der Waals surface area contributed by atoms with E-state index in [1.807, 2.05) is 18.2 Å². The molecule has 158 valence electrons. The Morgan fingerprint density at radius 2 is 1.57 bits per heavy atom. The van der Waals surface area contributed by atoms with E-state index in [0.717, 1.165) is 5.56 Å². The third kappa shape index (κ3) is 6.24. The Balaban J connectivity index is 1.96. The van der Waals surface area contributed by atoms with Gasteiger partial charge in [0.25, 0.3) is 0 Å². The fourth-order valence-electron chi connectivity index (χ4n) is 2.55. The first-order valence-corrected chi connectivity index (χ1v) is 10.8. The Labute approximate surface area is 176 Å². The molecule has 2 rings (SSSR count). The van der Waals surface area contributed by atoms with Crippen molar-refractivity contribution in [3.05, 3.63) is 65.2 Å². The van der Waals surface area contributed by atoms with Crippen molar-refractivity contribution in [3.8, 4) is 6.07 Å². The quantitative estimate of drug-likeness (QED) is 0.392. The molecule has 0 spiro atoms. The predicted octanol–water partition coefficient (Wildman–Crippen LogP) is 3.22. The van der Waals surface area contributed by atoms with Gasteiger partial charge in [0.05, 0.1) is 16.5 Å². The van der Waals surface area contributed by atoms with Crippen LogP contribution in [0.3, 0.4) is 0 Å². The van der Waals surface area contributed by atoms with Gasteiger partial charge < -0.3 is 4.74 Å². The van der Waals surface area contributed by atoms with E-state index in [-0.39, 0.29) is 34.6 Å². The highest BCUT2D eigenvalue weighted by Gasteiger charge is 2.17. The van der Waals surface area contributed by atoms with Crippen molar-refractivity contribution in [2.24, 2.45) is 0 Å². The second-order valence-corrected chi connectivity index (χ2v) is 9.42. The number of carbonyl (C=O) groups is 2. The number of benzene rings is 2. The predicted molar refractivity (Wildman–Crippen MR) is 112 cm³/mol. The number of nitriles is 1. The van der Waals surface area contributed by atoms with E-state index in [1.165, 1.54) is 24.3 Å². The third-order valence-corrected chi connectivity index (χ3v) is 5.81. The summed E-state index contributed by atoms with van der Waals surface area (Å²) < 4.78 is 31.5. The van der Waals surface area contributed by atoms with Crippen LogP contribution in [0.1, 0.15) is 53.5 Å². The lowest BCUT2D eigenvalue weighted by Crippen LogP contribution is -2.24. The third-order valence-electron chi connectivity index (χ3n) is 4.34. The molecule has 0 heterocycles. The van der Waals surface area contributed by atoms with E-state index in [9.17, 15) is 18.0 Å². The summed E-state index contributed by atoms with van der Waals surface area (Å²) in [6, 6.07) is 14.1. The summed E-state index contributed by atoms with van der Waals surface area (Å²) in [7, 11) is -3.76. The smallest absolute Gasteiger partial charge is 0.338 e. The van der Waals surface area contributed by atoms with E-state index in [4.69, 9.17) is 10.00 Å². The van der Waals surface area contributed by atoms with E-state index >= 15 is 0 Å². The van der Waals surface area contributed by atoms with Crippen LogP contribution in [0.15, 0.2) is 53.4 Å². The highest BCUT2D eigenvalue weighted by atomic mass is 32.2. The van der Waals surface area contributed by atoms with Gasteiger partial charge in [-0.2, -0.15) is 5.26 Å². The molecule has 2 aromatic rings. The Morgan fingerprint density at radius 1 is 1.00 bits per heavy atom. The number of hydrogen-bond acceptors (Lipinski definition) is 6. The van der Waals surface area contributed by atoms with Crippen LogP contribution in [0.4, 0.5) is 0 Å². The first-order valence-electron chi connectivity index (χ1n) is 9.32. The van der Waals surface area contributed by atoms with E-state index < -0.39 is 22.6 Å². The maximum absolute atomic E-state index is 12.3. The molecule has 0 aliphatic heterocycles. The van der Waals surface area contributed by atoms with Gasteiger partial charge in [-0.25, -0.2) is 17.9 Å². The summed E-state index contributed by atoms with van der Waals surface area (Å²) in [5, 5.41) is 8.48. The van der Waals surface area contributed by atoms with Crippen LogP contribution in [-0.2, 0) is 20.2 Å². The van der Waals surface area contributed by atoms with Crippen LogP contribution in [-0.4, -0.2) is 33.3 Å². The summed E-state index contributed by atoms with van der Waals surface area (Å²) in [5.74, 6) is -1.05. The number of esters is 1. The number of ether oxygens (including phenoxy) is 1. The highest BCUT2D eigenvalue weighted by Crippen LogP contribution is 2.22. The number of Topliss-reactive ketones (excluding diaryl/α,β-unsaturated/α-hetero) is 1. The lowest BCUT2D eigenvalue weighted by molar-refractivity contribution is 0.0474. The van der Waals surface area contributed by atoms with Crippen LogP contribution in [0.25, 0.3) is 0 Å². The van der Waals surface area contributed by atoms with Gasteiger partial charge in [-0.15, -0.1) is 0 Å². The topological polar surface area (TPSA) is 113 Å². The minimum atomic E-state index is -3.76. The van der Waals surface area contributed by atoms with E-state index in [0.29, 0.717) is 5.56 Å². The molecule has 0 aromatic heterocycles. The molecular formula is C22H24N2O5S. The van der Waals surface area contributed by atoms with Gasteiger partial charge in [-0.3, -0.25) is 4.79 Å². The van der Waals surface area contributed by atoms with Gasteiger partial charge in [-0.1, -0.05) is 45.0 Å². The van der Waals surface area contributed by atoms with Gasteiger partial charge in [0, 0.05) is 18.5 Å². The summed E-state index contributed by atoms with van der Waals surface area (Å²) in [6.45, 7) is 5.81. The first-order chi connectivity index (χ1) is 14.0. The van der Waals surface area contributed by atoms with Crippen LogP contribution >= 0.6 is 0 Å². The van der Waals surface area contributed by atoms with Crippen molar-refractivity contribution >= 4 is 21.8 Å². The summed E-state index contributed by atoms with van der Waals surface area (Å²) in [4.78, 5) is 24.4. The van der Waals surface area contributed by atoms with Gasteiger partial charge in [0.1, 0.15) is 0 Å². The number of carbonyl (C=O) groups excluding carboxylic acids is 2. The fraction of sp³-hybridized carbons (Fsp3) is 0.318. The van der Waals surface area contributed by atoms with Crippen LogP contribution in [0, 0.1) is 11.3 Å². The number of rotatable bonds is 8. The SMILES string of the molecule is CC(C)(C)c1ccc(C(=O)COC(=O)c2ccc(S(=O)(=O)NCCC#N)cc2)cc1. The zero-order chi connectivity index (χ0) is 22.4. The second-order valence-electron chi connectivity index (χ2n) is 7.66. The molecule has 30 heavy (non-hydrogen) atoms. The number of nitrogens with one attached hydrogen (secondary N) is 1. The number of ketones is 1. The highest BCUT2D eigenvalue weighted by molar-refractivity contribution is 7.89. The molecular weight excluding hydrogens is 404 g/mol. The monoisotopic (exact) mass is 428 g/mol. The first kappa shape index (κ1) is 23.3. The van der Waals surface area contributed by atoms with Crippen molar-refractivity contribution in [2.75, 3.05) is 13.2 Å². The van der Waals surface area contributed by atoms with Gasteiger partial charge in [-0.05, 0) is 35.2 Å². The number of sulfonamides is 1. The zero-order valence-electron chi connectivity index (χ0n) is 17.1. The second kappa shape index (κ2) is 9.65. The molecule has 0 saturated heterocycles. The van der Waals surface area contributed by atoms with Gasteiger partial charge in [0.2, 0.25) is 10.0 Å². The van der Waals surface area contributed by atoms with Gasteiger partial charge in [0.15, 0.2) is 12.4 Å². The molecule has 1 N–H and O–H groups in total. The fourth-order valence-corrected chi connectivity index (χ4v) is 3.58. The lowest BCUT2D eigenvalue weighted by atomic mass is 9.86. The average Bonchev–Trinajstić information content (AvgIpc) is 2.71. The van der Waals surface area contributed by atoms with Crippen molar-refractivity contribution in [2.45, 2.75) is 37.5 Å². The number of hydrogen-bond donors (Lipinski definition) is 1. The summed E-state index contributed by atoms with van der Waals surface area (Å²) in [6.07, 6.45) is 0.0522. The molecule has 7 nitrogen and oxygen atoms in total. The molecule has 0 fully saturated rings. The molecule has 0 unspecified atom stereocenters. The Hall–Kier alpha value is -3.02. The summed E-state index contributed by atoms with van der Waals surface area (Å²) >= 11 is 0. The maximum Gasteiger partial charge on any atom is 0.338 e. The van der Waals surface area contributed by atoms with Crippen LogP contribution in [0.2, 0.25) is 0 Å². The molecule has 0 saturated carbocycles. The molecule has 0 aliphatic rings. The minimum absolute atomic E-state index is 0.00146. The molecule has 0 atom stereocenters. The van der Waals surface area contributed by atoms with E-state index in [2.05, 4.69) is 25.5 Å². The average molecular weight is 429 g/mol. The van der Waals surface area contributed by atoms with Crippen LogP contribution in [0.5, 0.6) is 0 Å². The largest absolute Gasteiger partial charge is 0.454 e. The van der Waals surface area contributed by atoms with Crippen LogP contribution < -0.4 is 4.72 Å². The Kier molecular flexibility index (Phi) is 7.48. The van der Waals surface area contributed by atoms with E-state index in [1.54, 1.807) is 12.1 Å². The molecule has 8 heteroatoms. The maximum atomic E-state index is 12.3. The Morgan fingerprint density at radius 3 is 2.10 bits per heavy atom. The zero-order valence-corrected chi connectivity index (χ0v) is 18.0. The van der Waals surface area contributed by atoms with Gasteiger partial charge >= 0.3 is 5.97 Å². The molecule has 0 radical (unpaired) electrons. The Bertz CT molecular complexity index is 1040. The van der Waals surface area contributed by atoms with Crippen molar-refractivity contribution in [1.82, 2.24) is 4.72 Å². The molecule has 2 aromatic carbocycles. The molecule has 0 amide bonds. The number of nitrogens with zero attached hydrogens (tertiary/aromatic N) is 1. The molecule has 0 aliphatic carbocycles. The lowest BCUT2D eigenvalue weighted by Gasteiger charge is -2.18. The standard InChI is InChI=1S/C22H24N2O5S/c1-22(2,3)18-9-5-16(6-10-18)20(25)15-29-21(26)17-7-11-19(12-8-17)30(27,28)24-14-4-13-23/h5-12,24H,4,14-15H2,1-3H3. The van der Waals surface area contributed by atoms with Crippen molar-refractivity contribution in [3.63, 3.8) is 0 Å². The summed E-state index contributed by atoms with van der Waals surface area (Å²) in [5.41, 5.74) is 1.63. The van der Waals surface area contributed by atoms with Crippen molar-refractivity contribution in [1.29, 1.82) is 5.26 Å². The normalized spacial score (nSPS) is 11.5.